The Bertz CT molecular complexity index is 1010. The Kier molecular flexibility index (Phi) is 6.28. The van der Waals surface area contributed by atoms with Crippen molar-refractivity contribution in [3.8, 4) is 0 Å². The van der Waals surface area contributed by atoms with Gasteiger partial charge >= 0.3 is 0 Å². The Morgan fingerprint density at radius 3 is 2.79 bits per heavy atom. The number of nitrogens with two attached hydrogens (primary N) is 1. The van der Waals surface area contributed by atoms with Crippen LogP contribution in [0.25, 0.3) is 5.65 Å². The summed E-state index contributed by atoms with van der Waals surface area (Å²) in [7, 11) is 1.61. The number of aryl methyl sites for hydroxylation is 1. The maximum atomic E-state index is 13.6. The molecule has 0 bridgehead atoms. The standard InChI is InChI=1S/C24H36N6O3/c1-15-13-30-21(26-23(15)28-11-9-16(25)14-28)12-18(27-30)19-7-3-4-10-29(19)24(32)17-6-5-8-20(33-2)22(17)31/h12-13,16-17,19-20,22,31H,3-11,14,25H2,1-2H3/t16-,17?,19-,20?,22?/m0/s1. The average Bonchev–Trinajstić information content (AvgIpc) is 3.44. The fourth-order valence-corrected chi connectivity index (χ4v) is 5.86. The van der Waals surface area contributed by atoms with Crippen molar-refractivity contribution in [1.29, 1.82) is 0 Å². The zero-order chi connectivity index (χ0) is 23.1. The molecule has 0 aromatic carbocycles. The van der Waals surface area contributed by atoms with Crippen molar-refractivity contribution in [3.05, 3.63) is 23.5 Å². The molecule has 2 aliphatic heterocycles. The van der Waals surface area contributed by atoms with Gasteiger partial charge in [-0.3, -0.25) is 4.79 Å². The monoisotopic (exact) mass is 456 g/mol. The summed E-state index contributed by atoms with van der Waals surface area (Å²) in [6.07, 6.45) is 7.28. The summed E-state index contributed by atoms with van der Waals surface area (Å²) < 4.78 is 7.27. The molecule has 9 heteroatoms. The van der Waals surface area contributed by atoms with Gasteiger partial charge in [0.05, 0.1) is 29.9 Å². The maximum absolute atomic E-state index is 13.6. The van der Waals surface area contributed by atoms with Crippen molar-refractivity contribution in [2.24, 2.45) is 11.7 Å². The molecule has 3 fully saturated rings. The predicted octanol–water partition coefficient (Wildman–Crippen LogP) is 1.80. The van der Waals surface area contributed by atoms with Gasteiger partial charge in [-0.25, -0.2) is 9.50 Å². The van der Waals surface area contributed by atoms with E-state index < -0.39 is 12.0 Å². The lowest BCUT2D eigenvalue weighted by Crippen LogP contribution is -2.50. The number of nitrogens with zero attached hydrogens (tertiary/aromatic N) is 5. The molecular formula is C24H36N6O3. The van der Waals surface area contributed by atoms with Crippen LogP contribution in [0.15, 0.2) is 12.3 Å². The van der Waals surface area contributed by atoms with Crippen LogP contribution in [0.5, 0.6) is 0 Å². The van der Waals surface area contributed by atoms with Crippen molar-refractivity contribution in [1.82, 2.24) is 19.5 Å². The average molecular weight is 457 g/mol. The summed E-state index contributed by atoms with van der Waals surface area (Å²) >= 11 is 0. The zero-order valence-corrected chi connectivity index (χ0v) is 19.7. The van der Waals surface area contributed by atoms with Gasteiger partial charge in [0, 0.05) is 50.6 Å². The van der Waals surface area contributed by atoms with Crippen LogP contribution in [-0.4, -0.2) is 75.5 Å². The lowest BCUT2D eigenvalue weighted by molar-refractivity contribution is -0.151. The molecule has 33 heavy (non-hydrogen) atoms. The minimum atomic E-state index is -0.751. The number of fused-ring (bicyclic) bond motifs is 1. The first-order valence-corrected chi connectivity index (χ1v) is 12.3. The Morgan fingerprint density at radius 1 is 1.18 bits per heavy atom. The van der Waals surface area contributed by atoms with Crippen molar-refractivity contribution >= 4 is 17.4 Å². The number of aromatic nitrogens is 3. The molecule has 1 aliphatic carbocycles. The van der Waals surface area contributed by atoms with E-state index in [0.29, 0.717) is 13.0 Å². The number of amides is 1. The van der Waals surface area contributed by atoms with E-state index in [4.69, 9.17) is 20.6 Å². The van der Waals surface area contributed by atoms with Crippen LogP contribution in [-0.2, 0) is 9.53 Å². The summed E-state index contributed by atoms with van der Waals surface area (Å²) in [5.41, 5.74) is 8.84. The zero-order valence-electron chi connectivity index (χ0n) is 19.7. The second-order valence-corrected chi connectivity index (χ2v) is 9.96. The highest BCUT2D eigenvalue weighted by Crippen LogP contribution is 2.36. The fraction of sp³-hybridized carbons (Fsp3) is 0.708. The van der Waals surface area contributed by atoms with E-state index >= 15 is 0 Å². The molecule has 1 saturated carbocycles. The second-order valence-electron chi connectivity index (χ2n) is 9.96. The van der Waals surface area contributed by atoms with E-state index in [0.717, 1.165) is 74.3 Å². The Balaban J connectivity index is 1.42. The highest BCUT2D eigenvalue weighted by Gasteiger charge is 2.41. The summed E-state index contributed by atoms with van der Waals surface area (Å²) in [5, 5.41) is 15.6. The van der Waals surface area contributed by atoms with Crippen LogP contribution < -0.4 is 10.6 Å². The van der Waals surface area contributed by atoms with Gasteiger partial charge in [-0.05, 0) is 51.9 Å². The first kappa shape index (κ1) is 22.6. The van der Waals surface area contributed by atoms with Gasteiger partial charge in [0.1, 0.15) is 5.82 Å². The van der Waals surface area contributed by atoms with Gasteiger partial charge in [0.15, 0.2) is 5.65 Å². The molecule has 3 aliphatic rings. The molecule has 5 atom stereocenters. The number of methoxy groups -OCH3 is 1. The minimum absolute atomic E-state index is 0.0295. The molecule has 3 unspecified atom stereocenters. The van der Waals surface area contributed by atoms with E-state index in [1.807, 2.05) is 21.7 Å². The Morgan fingerprint density at radius 2 is 2.03 bits per heavy atom. The number of likely N-dealkylation sites (tertiary alicyclic amines) is 1. The topological polar surface area (TPSA) is 109 Å². The molecule has 4 heterocycles. The Labute approximate surface area is 194 Å². The summed E-state index contributed by atoms with van der Waals surface area (Å²) in [6, 6.07) is 2.12. The van der Waals surface area contributed by atoms with Crippen molar-refractivity contribution in [3.63, 3.8) is 0 Å². The quantitative estimate of drug-likeness (QED) is 0.722. The first-order chi connectivity index (χ1) is 16.0. The van der Waals surface area contributed by atoms with Crippen molar-refractivity contribution in [2.75, 3.05) is 31.6 Å². The SMILES string of the molecule is COC1CCCC(C(=O)N2CCCC[C@H]2c2cc3nc(N4CC[C@H](N)C4)c(C)cn3n2)C1O. The molecule has 2 aromatic rings. The van der Waals surface area contributed by atoms with E-state index in [1.54, 1.807) is 7.11 Å². The molecule has 0 spiro atoms. The van der Waals surface area contributed by atoms with E-state index in [-0.39, 0.29) is 24.1 Å². The molecular weight excluding hydrogens is 420 g/mol. The summed E-state index contributed by atoms with van der Waals surface area (Å²) in [4.78, 5) is 22.7. The number of anilines is 1. The van der Waals surface area contributed by atoms with E-state index in [2.05, 4.69) is 11.8 Å². The normalized spacial score (nSPS) is 30.8. The third-order valence-electron chi connectivity index (χ3n) is 7.69. The molecule has 0 radical (unpaired) electrons. The van der Waals surface area contributed by atoms with Gasteiger partial charge in [-0.2, -0.15) is 5.10 Å². The number of aliphatic hydroxyl groups is 1. The molecule has 9 nitrogen and oxygen atoms in total. The van der Waals surface area contributed by atoms with Crippen LogP contribution >= 0.6 is 0 Å². The number of hydrogen-bond acceptors (Lipinski definition) is 7. The molecule has 2 saturated heterocycles. The highest BCUT2D eigenvalue weighted by molar-refractivity contribution is 5.80. The predicted molar refractivity (Wildman–Crippen MR) is 125 cm³/mol. The Hall–Kier alpha value is -2.23. The lowest BCUT2D eigenvalue weighted by Gasteiger charge is -2.40. The molecule has 2 aromatic heterocycles. The van der Waals surface area contributed by atoms with Crippen LogP contribution in [0.2, 0.25) is 0 Å². The first-order valence-electron chi connectivity index (χ1n) is 12.3. The van der Waals surface area contributed by atoms with Gasteiger partial charge < -0.3 is 25.4 Å². The number of ether oxygens (including phenoxy) is 1. The van der Waals surface area contributed by atoms with Crippen molar-refractivity contribution in [2.45, 2.75) is 76.2 Å². The van der Waals surface area contributed by atoms with Crippen LogP contribution in [0.1, 0.15) is 62.2 Å². The molecule has 3 N–H and O–H groups in total. The number of piperidine rings is 1. The molecule has 1 amide bonds. The third-order valence-corrected chi connectivity index (χ3v) is 7.69. The summed E-state index contributed by atoms with van der Waals surface area (Å²) in [5.74, 6) is 0.587. The van der Waals surface area contributed by atoms with E-state index in [9.17, 15) is 9.90 Å². The lowest BCUT2D eigenvalue weighted by atomic mass is 9.82. The minimum Gasteiger partial charge on any atom is -0.390 e. The van der Waals surface area contributed by atoms with Crippen LogP contribution in [0, 0.1) is 12.8 Å². The van der Waals surface area contributed by atoms with Gasteiger partial charge in [0.25, 0.3) is 0 Å². The fourth-order valence-electron chi connectivity index (χ4n) is 5.86. The van der Waals surface area contributed by atoms with Crippen molar-refractivity contribution < 1.29 is 14.6 Å². The highest BCUT2D eigenvalue weighted by atomic mass is 16.5. The van der Waals surface area contributed by atoms with Gasteiger partial charge in [0.2, 0.25) is 5.91 Å². The largest absolute Gasteiger partial charge is 0.390 e. The van der Waals surface area contributed by atoms with E-state index in [1.165, 1.54) is 0 Å². The number of rotatable bonds is 4. The van der Waals surface area contributed by atoms with Crippen LogP contribution in [0.4, 0.5) is 5.82 Å². The maximum Gasteiger partial charge on any atom is 0.228 e. The van der Waals surface area contributed by atoms with Gasteiger partial charge in [-0.15, -0.1) is 0 Å². The molecule has 5 rings (SSSR count). The molecule has 180 valence electrons. The van der Waals surface area contributed by atoms with Crippen LogP contribution in [0.3, 0.4) is 0 Å². The van der Waals surface area contributed by atoms with Gasteiger partial charge in [-0.1, -0.05) is 0 Å². The third kappa shape index (κ3) is 4.22. The number of aliphatic hydroxyl groups excluding tert-OH is 1. The smallest absolute Gasteiger partial charge is 0.228 e. The second kappa shape index (κ2) is 9.19. The number of carbonyl (C=O) groups is 1. The summed E-state index contributed by atoms with van der Waals surface area (Å²) in [6.45, 7) is 4.49. The number of carbonyl (C=O) groups excluding carboxylic acids is 1. The number of hydrogen-bond donors (Lipinski definition) is 2.